The van der Waals surface area contributed by atoms with E-state index in [9.17, 15) is 39.9 Å². The summed E-state index contributed by atoms with van der Waals surface area (Å²) in [6.45, 7) is 2.26. The Kier molecular flexibility index (Phi) is 14.8. The van der Waals surface area contributed by atoms with E-state index in [4.69, 9.17) is 0 Å². The van der Waals surface area contributed by atoms with Gasteiger partial charge in [-0.1, -0.05) is 112 Å². The van der Waals surface area contributed by atoms with Gasteiger partial charge < -0.3 is 4.79 Å². The van der Waals surface area contributed by atoms with Crippen LogP contribution in [0.25, 0.3) is 11.1 Å². The van der Waals surface area contributed by atoms with E-state index in [2.05, 4.69) is 63.0 Å². The molecule has 11 heteroatoms. The first-order chi connectivity index (χ1) is 25.9. The third-order valence-electron chi connectivity index (χ3n) is 12.0. The van der Waals surface area contributed by atoms with Gasteiger partial charge in [0, 0.05) is 42.3 Å². The topological polar surface area (TPSA) is 17.1 Å². The molecule has 4 fully saturated rings. The second kappa shape index (κ2) is 18.5. The van der Waals surface area contributed by atoms with Crippen molar-refractivity contribution in [2.24, 2.45) is 11.8 Å². The number of carbonyl (C=O) groups excluding carboxylic acids is 1. The Labute approximate surface area is 338 Å². The maximum atomic E-state index is 13.5. The number of hydrogen-bond acceptors (Lipinski definition) is 1. The fraction of sp³-hybridized carbons (Fsp3) is 0.568. The van der Waals surface area contributed by atoms with Crippen LogP contribution in [-0.2, 0) is 4.79 Å². The van der Waals surface area contributed by atoms with E-state index in [0.717, 1.165) is 40.6 Å². The van der Waals surface area contributed by atoms with Crippen LogP contribution in [0.4, 0.5) is 35.1 Å². The van der Waals surface area contributed by atoms with Crippen LogP contribution >= 0.6 is 31.9 Å². The van der Waals surface area contributed by atoms with Crippen LogP contribution in [0.2, 0.25) is 0 Å². The van der Waals surface area contributed by atoms with Crippen molar-refractivity contribution in [1.29, 1.82) is 0 Å². The number of rotatable bonds is 7. The van der Waals surface area contributed by atoms with E-state index >= 15 is 0 Å². The van der Waals surface area contributed by atoms with Gasteiger partial charge in [-0.15, -0.1) is 0 Å². The van der Waals surface area contributed by atoms with E-state index < -0.39 is 61.2 Å². The highest BCUT2D eigenvalue weighted by molar-refractivity contribution is 9.10. The number of halogens is 10. The van der Waals surface area contributed by atoms with Gasteiger partial charge in [0.15, 0.2) is 0 Å². The Bertz CT molecular complexity index is 1620. The summed E-state index contributed by atoms with van der Waals surface area (Å²) >= 11 is 6.73. The van der Waals surface area contributed by atoms with E-state index in [-0.39, 0.29) is 1.43 Å². The molecule has 0 unspecified atom stereocenters. The predicted octanol–water partition coefficient (Wildman–Crippen LogP) is 15.6. The molecule has 304 valence electrons. The highest BCUT2D eigenvalue weighted by atomic mass is 79.9. The molecule has 0 aliphatic heterocycles. The van der Waals surface area contributed by atoms with Crippen molar-refractivity contribution in [1.82, 2.24) is 0 Å². The van der Waals surface area contributed by atoms with Gasteiger partial charge in [-0.05, 0) is 115 Å². The summed E-state index contributed by atoms with van der Waals surface area (Å²) in [6, 6.07) is 22.3. The van der Waals surface area contributed by atoms with Crippen LogP contribution < -0.4 is 0 Å². The lowest BCUT2D eigenvalue weighted by atomic mass is 9.77. The Morgan fingerprint density at radius 2 is 0.927 bits per heavy atom. The summed E-state index contributed by atoms with van der Waals surface area (Å²) in [5.74, 6) is -15.3. The first-order valence-corrected chi connectivity index (χ1v) is 21.2. The van der Waals surface area contributed by atoms with Crippen LogP contribution in [0, 0.1) is 11.8 Å². The molecule has 3 aromatic rings. The second-order valence-corrected chi connectivity index (χ2v) is 18.2. The van der Waals surface area contributed by atoms with Crippen molar-refractivity contribution in [3.05, 3.63) is 94.0 Å². The van der Waals surface area contributed by atoms with Gasteiger partial charge in [0.1, 0.15) is 6.29 Å². The smallest absolute Gasteiger partial charge is 0.303 e. The first kappa shape index (κ1) is 43.8. The third-order valence-corrected chi connectivity index (χ3v) is 13.4. The zero-order valence-corrected chi connectivity index (χ0v) is 34.2. The molecule has 3 aromatic carbocycles. The molecule has 0 amide bonds. The summed E-state index contributed by atoms with van der Waals surface area (Å²) in [7, 11) is 0. The zero-order valence-electron chi connectivity index (χ0n) is 31.1. The predicted molar refractivity (Wildman–Crippen MR) is 212 cm³/mol. The molecule has 4 aliphatic carbocycles. The molecule has 0 atom stereocenters. The van der Waals surface area contributed by atoms with Gasteiger partial charge in [-0.2, -0.15) is 35.1 Å². The maximum Gasteiger partial charge on any atom is 0.310 e. The number of carbonyl (C=O) groups is 1. The first-order valence-electron chi connectivity index (χ1n) is 19.5. The van der Waals surface area contributed by atoms with Crippen LogP contribution in [-0.4, -0.2) is 34.8 Å². The van der Waals surface area contributed by atoms with E-state index in [0.29, 0.717) is 27.8 Å². The minimum atomic E-state index is -3.91. The Hall–Kier alpha value is -2.27. The average molecular weight is 909 g/mol. The van der Waals surface area contributed by atoms with Gasteiger partial charge in [-0.3, -0.25) is 0 Å². The van der Waals surface area contributed by atoms with E-state index in [1.165, 1.54) is 56.9 Å². The fourth-order valence-corrected chi connectivity index (χ4v) is 9.28. The average Bonchev–Trinajstić information content (AvgIpc) is 3.52. The lowest BCUT2D eigenvalue weighted by Gasteiger charge is -2.28. The highest BCUT2D eigenvalue weighted by Crippen LogP contribution is 2.55. The number of aldehydes is 1. The molecule has 4 aliphatic rings. The summed E-state index contributed by atoms with van der Waals surface area (Å²) in [5.41, 5.74) is 4.54. The lowest BCUT2D eigenvalue weighted by Crippen LogP contribution is -2.33. The molecule has 4 saturated carbocycles. The van der Waals surface area contributed by atoms with Crippen molar-refractivity contribution in [2.45, 2.75) is 143 Å². The molecular weight excluding hydrogens is 856 g/mol. The van der Waals surface area contributed by atoms with E-state index in [1.54, 1.807) is 36.4 Å². The molecule has 55 heavy (non-hydrogen) atoms. The van der Waals surface area contributed by atoms with Crippen molar-refractivity contribution < 1.29 is 41.3 Å². The fourth-order valence-electron chi connectivity index (χ4n) is 8.49. The van der Waals surface area contributed by atoms with Crippen LogP contribution in [0.5, 0.6) is 0 Å². The third kappa shape index (κ3) is 11.2. The van der Waals surface area contributed by atoms with Crippen molar-refractivity contribution in [2.75, 3.05) is 0 Å². The number of alkyl halides is 9. The molecule has 7 rings (SSSR count). The molecule has 1 nitrogen and oxygen atoms in total. The quantitative estimate of drug-likeness (QED) is 0.131. The van der Waals surface area contributed by atoms with Crippen LogP contribution in [0.15, 0.2) is 77.3 Å². The molecule has 0 saturated heterocycles. The Morgan fingerprint density at radius 3 is 1.29 bits per heavy atom. The number of hydrogen-bond donors (Lipinski definition) is 0. The Morgan fingerprint density at radius 1 is 0.564 bits per heavy atom. The van der Waals surface area contributed by atoms with Crippen molar-refractivity contribution >= 4 is 38.1 Å². The summed E-state index contributed by atoms with van der Waals surface area (Å²) in [4.78, 5) is 10.9. The van der Waals surface area contributed by atoms with Gasteiger partial charge >= 0.3 is 23.7 Å². The van der Waals surface area contributed by atoms with Gasteiger partial charge in [0.25, 0.3) is 0 Å². The van der Waals surface area contributed by atoms with Crippen LogP contribution in [0.1, 0.15) is 133 Å². The summed E-state index contributed by atoms with van der Waals surface area (Å²) in [5, 5.41) is 0. The molecule has 0 bridgehead atoms. The normalized spacial score (nSPS) is 27.0. The van der Waals surface area contributed by atoms with Gasteiger partial charge in [0.2, 0.25) is 0 Å². The molecule has 0 N–H and O–H groups in total. The molecule has 0 heterocycles. The van der Waals surface area contributed by atoms with Crippen molar-refractivity contribution in [3.63, 3.8) is 0 Å². The SMILES string of the molecule is CCCC1CCC(c2ccc(-c3ccc(C4CC(F)(F)C(F)(F)C4)cc3)cc2)CC1.FC1(F)CC(c2ccc(Br)cc2)CC1(F)F.O=CC1CCC(Br)CC1.[HH]. The monoisotopic (exact) mass is 906 g/mol. The van der Waals surface area contributed by atoms with Gasteiger partial charge in [0.05, 0.1) is 0 Å². The maximum absolute atomic E-state index is 13.5. The largest absolute Gasteiger partial charge is 0.310 e. The molecule has 0 aromatic heterocycles. The lowest BCUT2D eigenvalue weighted by molar-refractivity contribution is -0.185. The second-order valence-electron chi connectivity index (χ2n) is 16.0. The highest BCUT2D eigenvalue weighted by Gasteiger charge is 2.64. The van der Waals surface area contributed by atoms with Crippen LogP contribution in [0.3, 0.4) is 0 Å². The number of benzene rings is 3. The molecular formula is C44H52Br2F8O. The zero-order chi connectivity index (χ0) is 40.0. The standard InChI is InChI=1S/C26H30F4.C11H9BrF4.C7H11BrO.H2/c1-2-3-18-4-6-19(7-5-18)20-8-10-21(11-9-20)22-12-14-23(15-13-22)24-16-25(27,28)26(29,30)17-24;12-9-3-1-7(2-4-9)8-5-10(13,14)11(15,16)6-8;8-7-3-1-6(5-9)2-4-7;/h8-15,18-19,24H,2-7,16-17H2,1H3;1-4,8H,5-6H2;5-7H,1-4H2;1H. The van der Waals surface area contributed by atoms with Gasteiger partial charge in [-0.25, -0.2) is 0 Å². The molecule has 0 spiro atoms. The minimum absolute atomic E-state index is 0. The summed E-state index contributed by atoms with van der Waals surface area (Å²) in [6.07, 6.45) is 10.3. The molecule has 0 radical (unpaired) electrons. The van der Waals surface area contributed by atoms with Crippen molar-refractivity contribution in [3.8, 4) is 11.1 Å². The van der Waals surface area contributed by atoms with E-state index in [1.807, 2.05) is 12.1 Å². The minimum Gasteiger partial charge on any atom is -0.303 e. The summed E-state index contributed by atoms with van der Waals surface area (Å²) < 4.78 is 107. The Balaban J connectivity index is 0.000000223.